The average Bonchev–Trinajstić information content (AvgIpc) is 2.69. The number of para-hydroxylation sites is 1. The molecule has 1 heterocycles. The zero-order chi connectivity index (χ0) is 18.6. The summed E-state index contributed by atoms with van der Waals surface area (Å²) < 4.78 is 10.6. The lowest BCUT2D eigenvalue weighted by molar-refractivity contribution is 0.227. The molecule has 0 aliphatic heterocycles. The minimum atomic E-state index is -0.439. The second-order valence-corrected chi connectivity index (χ2v) is 6.62. The molecule has 0 saturated heterocycles. The summed E-state index contributed by atoms with van der Waals surface area (Å²) in [5.74, 6) is 0.616. The number of carbonyl (C=O) groups is 1. The monoisotopic (exact) mass is 375 g/mol. The van der Waals surface area contributed by atoms with Gasteiger partial charge in [-0.2, -0.15) is 0 Å². The molecule has 0 spiro atoms. The van der Waals surface area contributed by atoms with Gasteiger partial charge < -0.3 is 9.15 Å². The topological polar surface area (TPSA) is 69.4 Å². The van der Waals surface area contributed by atoms with Crippen molar-refractivity contribution in [3.63, 3.8) is 0 Å². The third-order valence-corrected chi connectivity index (χ3v) is 4.54. The third-order valence-electron chi connectivity index (χ3n) is 3.78. The van der Waals surface area contributed by atoms with Crippen molar-refractivity contribution >= 4 is 28.0 Å². The van der Waals surface area contributed by atoms with Crippen molar-refractivity contribution in [2.24, 2.45) is 0 Å². The highest BCUT2D eigenvalue weighted by Gasteiger charge is 2.10. The molecule has 27 heavy (non-hydrogen) atoms. The maximum Gasteiger partial charge on any atom is 0.377 e. The molecule has 0 aliphatic rings. The normalized spacial score (nSPS) is 10.7. The lowest BCUT2D eigenvalue weighted by Crippen LogP contribution is -2.03. The van der Waals surface area contributed by atoms with Gasteiger partial charge in [-0.1, -0.05) is 30.3 Å². The minimum absolute atomic E-state index is 0.218. The van der Waals surface area contributed by atoms with Crippen LogP contribution < -0.4 is 10.4 Å². The van der Waals surface area contributed by atoms with Gasteiger partial charge in [-0.25, -0.2) is 14.6 Å². The van der Waals surface area contributed by atoms with E-state index in [1.165, 1.54) is 0 Å². The lowest BCUT2D eigenvalue weighted by atomic mass is 10.2. The number of hydrogen-bond donors (Lipinski definition) is 0. The Morgan fingerprint density at radius 2 is 1.59 bits per heavy atom. The first-order chi connectivity index (χ1) is 13.2. The van der Waals surface area contributed by atoms with Crippen LogP contribution in [0.5, 0.6) is 5.75 Å². The van der Waals surface area contributed by atoms with Crippen LogP contribution in [0, 0.1) is 0 Å². The Kier molecular flexibility index (Phi) is 4.72. The summed E-state index contributed by atoms with van der Waals surface area (Å²) in [5, 5.41) is 0.00838. The van der Waals surface area contributed by atoms with Crippen LogP contribution in [0.1, 0.15) is 0 Å². The molecule has 4 aromatic rings. The number of fused-ring (bicyclic) bond motifs is 1. The first kappa shape index (κ1) is 17.1. The summed E-state index contributed by atoms with van der Waals surface area (Å²) in [6.07, 6.45) is 0. The van der Waals surface area contributed by atoms with Crippen molar-refractivity contribution in [3.8, 4) is 17.2 Å². The SMILES string of the molecule is O=C(Oc1ccc(-c2nc3ccccc3c(=O)o2)cc1)Sc1ccccc1. The van der Waals surface area contributed by atoms with E-state index in [9.17, 15) is 9.59 Å². The maximum atomic E-state index is 12.1. The molecule has 0 unspecified atom stereocenters. The number of rotatable bonds is 3. The van der Waals surface area contributed by atoms with Crippen molar-refractivity contribution in [2.75, 3.05) is 0 Å². The zero-order valence-corrected chi connectivity index (χ0v) is 14.8. The Balaban J connectivity index is 1.52. The lowest BCUT2D eigenvalue weighted by Gasteiger charge is -2.05. The maximum absolute atomic E-state index is 12.1. The molecular formula is C21H13NO4S. The fourth-order valence-corrected chi connectivity index (χ4v) is 3.13. The summed E-state index contributed by atoms with van der Waals surface area (Å²) >= 11 is 1.01. The van der Waals surface area contributed by atoms with Crippen LogP contribution in [0.15, 0.2) is 93.0 Å². The van der Waals surface area contributed by atoms with Crippen LogP contribution in [0.3, 0.4) is 0 Å². The Bertz CT molecular complexity index is 1150. The number of benzene rings is 3. The Morgan fingerprint density at radius 1 is 0.889 bits per heavy atom. The van der Waals surface area contributed by atoms with Gasteiger partial charge in [-0.3, -0.25) is 0 Å². The van der Waals surface area contributed by atoms with E-state index >= 15 is 0 Å². The molecule has 132 valence electrons. The Morgan fingerprint density at radius 3 is 2.37 bits per heavy atom. The van der Waals surface area contributed by atoms with Gasteiger partial charge in [-0.15, -0.1) is 0 Å². The van der Waals surface area contributed by atoms with Gasteiger partial charge in [0.25, 0.3) is 0 Å². The summed E-state index contributed by atoms with van der Waals surface area (Å²) in [7, 11) is 0. The fourth-order valence-electron chi connectivity index (χ4n) is 2.51. The molecule has 4 rings (SSSR count). The number of aromatic nitrogens is 1. The van der Waals surface area contributed by atoms with Gasteiger partial charge in [-0.05, 0) is 60.3 Å². The van der Waals surface area contributed by atoms with Crippen molar-refractivity contribution in [1.29, 1.82) is 0 Å². The van der Waals surface area contributed by atoms with Crippen molar-refractivity contribution in [2.45, 2.75) is 4.90 Å². The summed E-state index contributed by atoms with van der Waals surface area (Å²) in [6, 6.07) is 22.9. The molecule has 0 fully saturated rings. The molecule has 1 aromatic heterocycles. The van der Waals surface area contributed by atoms with E-state index in [-0.39, 0.29) is 5.89 Å². The van der Waals surface area contributed by atoms with Crippen LogP contribution >= 0.6 is 11.8 Å². The van der Waals surface area contributed by atoms with Crippen molar-refractivity contribution in [3.05, 3.63) is 89.3 Å². The van der Waals surface area contributed by atoms with E-state index in [4.69, 9.17) is 9.15 Å². The highest BCUT2D eigenvalue weighted by atomic mass is 32.2. The van der Waals surface area contributed by atoms with E-state index < -0.39 is 10.9 Å². The van der Waals surface area contributed by atoms with Crippen molar-refractivity contribution in [1.82, 2.24) is 4.98 Å². The first-order valence-corrected chi connectivity index (χ1v) is 8.96. The van der Waals surface area contributed by atoms with E-state index in [1.54, 1.807) is 42.5 Å². The molecule has 0 saturated carbocycles. The highest BCUT2D eigenvalue weighted by molar-refractivity contribution is 8.13. The van der Waals surface area contributed by atoms with E-state index in [2.05, 4.69) is 4.98 Å². The smallest absolute Gasteiger partial charge is 0.377 e. The van der Waals surface area contributed by atoms with Crippen LogP contribution in [-0.2, 0) is 0 Å². The van der Waals surface area contributed by atoms with Crippen LogP contribution in [0.2, 0.25) is 0 Å². The molecule has 6 heteroatoms. The molecule has 0 radical (unpaired) electrons. The number of carbonyl (C=O) groups excluding carboxylic acids is 1. The summed E-state index contributed by atoms with van der Waals surface area (Å²) in [4.78, 5) is 29.3. The van der Waals surface area contributed by atoms with E-state index in [0.29, 0.717) is 22.2 Å². The fraction of sp³-hybridized carbons (Fsp3) is 0. The molecule has 0 atom stereocenters. The molecule has 0 bridgehead atoms. The van der Waals surface area contributed by atoms with Crippen molar-refractivity contribution < 1.29 is 13.9 Å². The molecule has 0 amide bonds. The van der Waals surface area contributed by atoms with Crippen LogP contribution in [0.25, 0.3) is 22.4 Å². The molecule has 5 nitrogen and oxygen atoms in total. The van der Waals surface area contributed by atoms with Crippen LogP contribution in [-0.4, -0.2) is 10.3 Å². The Hall–Kier alpha value is -3.38. The average molecular weight is 375 g/mol. The number of ether oxygens (including phenoxy) is 1. The Labute approximate surface area is 158 Å². The highest BCUT2D eigenvalue weighted by Crippen LogP contribution is 2.25. The first-order valence-electron chi connectivity index (χ1n) is 8.14. The van der Waals surface area contributed by atoms with Gasteiger partial charge in [0.1, 0.15) is 5.75 Å². The number of thioether (sulfide) groups is 1. The molecule has 3 aromatic carbocycles. The van der Waals surface area contributed by atoms with Gasteiger partial charge >= 0.3 is 10.9 Å². The van der Waals surface area contributed by atoms with E-state index in [1.807, 2.05) is 36.4 Å². The zero-order valence-electron chi connectivity index (χ0n) is 14.0. The van der Waals surface area contributed by atoms with Gasteiger partial charge in [0.15, 0.2) is 0 Å². The second-order valence-electron chi connectivity index (χ2n) is 5.62. The standard InChI is InChI=1S/C21H13NO4S/c23-20-17-8-4-5-9-18(17)22-19(26-20)14-10-12-15(13-11-14)25-21(24)27-16-6-2-1-3-7-16/h1-13H. The summed E-state index contributed by atoms with van der Waals surface area (Å²) in [5.41, 5.74) is 0.747. The third kappa shape index (κ3) is 3.91. The largest absolute Gasteiger partial charge is 0.418 e. The molecule has 0 N–H and O–H groups in total. The van der Waals surface area contributed by atoms with Gasteiger partial charge in [0.2, 0.25) is 5.89 Å². The predicted molar refractivity (Wildman–Crippen MR) is 104 cm³/mol. The van der Waals surface area contributed by atoms with Gasteiger partial charge in [0.05, 0.1) is 10.9 Å². The minimum Gasteiger partial charge on any atom is -0.418 e. The van der Waals surface area contributed by atoms with E-state index in [0.717, 1.165) is 16.7 Å². The number of hydrogen-bond acceptors (Lipinski definition) is 6. The molecular weight excluding hydrogens is 362 g/mol. The second kappa shape index (κ2) is 7.47. The van der Waals surface area contributed by atoms with Crippen LogP contribution in [0.4, 0.5) is 4.79 Å². The van der Waals surface area contributed by atoms with Gasteiger partial charge in [0, 0.05) is 10.5 Å². The summed E-state index contributed by atoms with van der Waals surface area (Å²) in [6.45, 7) is 0. The predicted octanol–water partition coefficient (Wildman–Crippen LogP) is 5.15. The molecule has 0 aliphatic carbocycles. The number of nitrogens with zero attached hydrogens (tertiary/aromatic N) is 1. The quantitative estimate of drug-likeness (QED) is 0.364.